The van der Waals surface area contributed by atoms with E-state index in [9.17, 15) is 0 Å². The minimum absolute atomic E-state index is 0.312. The molecule has 0 aromatic heterocycles. The van der Waals surface area contributed by atoms with Crippen LogP contribution in [0, 0.1) is 53.3 Å². The second-order valence-corrected chi connectivity index (χ2v) is 15.5. The summed E-state index contributed by atoms with van der Waals surface area (Å²) >= 11 is 0. The highest BCUT2D eigenvalue weighted by molar-refractivity contribution is 5.31. The Morgan fingerprint density at radius 1 is 0.909 bits per heavy atom. The molecule has 0 heterocycles. The Kier molecular flexibility index (Phi) is 14.9. The number of rotatable bonds is 20. The predicted octanol–water partition coefficient (Wildman–Crippen LogP) is 11.1. The molecule has 1 saturated carbocycles. The van der Waals surface area contributed by atoms with E-state index in [1.54, 1.807) is 0 Å². The molecule has 2 nitrogen and oxygen atoms in total. The molecule has 2 aliphatic carbocycles. The lowest BCUT2D eigenvalue weighted by Crippen LogP contribution is -2.36. The summed E-state index contributed by atoms with van der Waals surface area (Å²) in [6.07, 6.45) is 18.0. The Labute approximate surface area is 273 Å². The summed E-state index contributed by atoms with van der Waals surface area (Å²) in [5.41, 5.74) is 5.31. The van der Waals surface area contributed by atoms with Gasteiger partial charge in [0, 0.05) is 17.9 Å². The zero-order valence-electron chi connectivity index (χ0n) is 29.9. The predicted molar refractivity (Wildman–Crippen MR) is 194 cm³/mol. The van der Waals surface area contributed by atoms with Crippen molar-refractivity contribution in [3.05, 3.63) is 84.2 Å². The first-order valence-corrected chi connectivity index (χ1v) is 18.2. The lowest BCUT2D eigenvalue weighted by Gasteiger charge is -2.34. The summed E-state index contributed by atoms with van der Waals surface area (Å²) < 4.78 is 0. The van der Waals surface area contributed by atoms with Gasteiger partial charge in [-0.05, 0) is 109 Å². The molecule has 1 fully saturated rings. The molecule has 3 unspecified atom stereocenters. The van der Waals surface area contributed by atoms with Crippen LogP contribution in [0.2, 0.25) is 0 Å². The average Bonchev–Trinajstić information content (AvgIpc) is 3.70. The molecule has 2 heteroatoms. The molecule has 1 aromatic rings. The van der Waals surface area contributed by atoms with Gasteiger partial charge in [0.25, 0.3) is 0 Å². The van der Waals surface area contributed by atoms with Gasteiger partial charge in [-0.2, -0.15) is 0 Å². The van der Waals surface area contributed by atoms with E-state index in [-0.39, 0.29) is 0 Å². The van der Waals surface area contributed by atoms with Crippen molar-refractivity contribution in [2.75, 3.05) is 6.54 Å². The molecule has 0 saturated heterocycles. The van der Waals surface area contributed by atoms with Gasteiger partial charge in [0.05, 0.1) is 6.04 Å². The standard InChI is InChI=1S/C42H68N2/c1-29(2)42(30(3)4)32(6)24-25-33(7)43-28-31(5)23-26-38-21-16-22-40(38)35(9)34(8)36(10)44-41(39-19-14-15-20-39)27-37-17-12-11-13-18-37/h11-15,17-19,29-32,34-35,38,40-44H,7,10,16,20-28H2,1-6,8-9H3/t31-,32?,34+,35-,38?,40?,41+/m1/s1. The van der Waals surface area contributed by atoms with Gasteiger partial charge in [-0.3, -0.25) is 0 Å². The van der Waals surface area contributed by atoms with Crippen LogP contribution in [-0.2, 0) is 6.42 Å². The van der Waals surface area contributed by atoms with Gasteiger partial charge in [0.2, 0.25) is 0 Å². The van der Waals surface area contributed by atoms with Crippen molar-refractivity contribution in [2.24, 2.45) is 53.3 Å². The summed E-state index contributed by atoms with van der Waals surface area (Å²) in [6, 6.07) is 11.2. The topological polar surface area (TPSA) is 24.1 Å². The van der Waals surface area contributed by atoms with Gasteiger partial charge in [-0.1, -0.05) is 130 Å². The van der Waals surface area contributed by atoms with Crippen molar-refractivity contribution in [1.29, 1.82) is 0 Å². The number of allylic oxidation sites excluding steroid dienone is 5. The SMILES string of the molecule is C=C(CCC(C)C(C(C)C)C(C)C)NC[C@H](C)CCC1CCCC1[C@H](C)[C@H](C)C(=C)N[C@@H](Cc1ccccc1)C1=CC=CC1. The van der Waals surface area contributed by atoms with Crippen molar-refractivity contribution in [1.82, 2.24) is 10.6 Å². The average molecular weight is 601 g/mol. The summed E-state index contributed by atoms with van der Waals surface area (Å²) in [4.78, 5) is 0. The molecular formula is C42H68N2. The van der Waals surface area contributed by atoms with Crippen LogP contribution in [0.5, 0.6) is 0 Å². The van der Waals surface area contributed by atoms with Crippen LogP contribution in [0.1, 0.15) is 112 Å². The van der Waals surface area contributed by atoms with Crippen molar-refractivity contribution in [3.8, 4) is 0 Å². The third-order valence-corrected chi connectivity index (χ3v) is 11.5. The largest absolute Gasteiger partial charge is 0.389 e. The van der Waals surface area contributed by atoms with Crippen LogP contribution in [0.15, 0.2) is 78.7 Å². The van der Waals surface area contributed by atoms with Crippen LogP contribution in [-0.4, -0.2) is 12.6 Å². The number of nitrogens with one attached hydrogen (secondary N) is 2. The summed E-state index contributed by atoms with van der Waals surface area (Å²) in [5.74, 6) is 6.46. The van der Waals surface area contributed by atoms with Crippen LogP contribution in [0.25, 0.3) is 0 Å². The summed E-state index contributed by atoms with van der Waals surface area (Å²) in [5, 5.41) is 7.63. The molecule has 0 bridgehead atoms. The first kappa shape index (κ1) is 36.3. The fraction of sp³-hybridized carbons (Fsp3) is 0.667. The minimum Gasteiger partial charge on any atom is -0.389 e. The smallest absolute Gasteiger partial charge is 0.0517 e. The van der Waals surface area contributed by atoms with Gasteiger partial charge in [0.1, 0.15) is 0 Å². The van der Waals surface area contributed by atoms with Crippen LogP contribution >= 0.6 is 0 Å². The van der Waals surface area contributed by atoms with Crippen LogP contribution in [0.3, 0.4) is 0 Å². The summed E-state index contributed by atoms with van der Waals surface area (Å²) in [6.45, 7) is 29.4. The highest BCUT2D eigenvalue weighted by Gasteiger charge is 2.35. The van der Waals surface area contributed by atoms with Crippen LogP contribution < -0.4 is 10.6 Å². The Morgan fingerprint density at radius 2 is 1.61 bits per heavy atom. The molecule has 0 aliphatic heterocycles. The lowest BCUT2D eigenvalue weighted by molar-refractivity contribution is 0.189. The Bertz CT molecular complexity index is 1050. The van der Waals surface area contributed by atoms with E-state index in [2.05, 4.69) is 128 Å². The zero-order valence-corrected chi connectivity index (χ0v) is 29.9. The van der Waals surface area contributed by atoms with Crippen molar-refractivity contribution in [2.45, 2.75) is 119 Å². The first-order valence-electron chi connectivity index (χ1n) is 18.2. The van der Waals surface area contributed by atoms with Crippen molar-refractivity contribution < 1.29 is 0 Å². The van der Waals surface area contributed by atoms with E-state index in [0.29, 0.717) is 23.8 Å². The Balaban J connectivity index is 1.44. The molecule has 44 heavy (non-hydrogen) atoms. The molecule has 7 atom stereocenters. The maximum atomic E-state index is 4.62. The fourth-order valence-corrected chi connectivity index (χ4v) is 8.69. The van der Waals surface area contributed by atoms with Crippen molar-refractivity contribution >= 4 is 0 Å². The number of benzene rings is 1. The van der Waals surface area contributed by atoms with E-state index in [1.165, 1.54) is 61.1 Å². The van der Waals surface area contributed by atoms with Gasteiger partial charge in [-0.25, -0.2) is 0 Å². The molecule has 2 aliphatic rings. The molecular weight excluding hydrogens is 532 g/mol. The number of hydrogen-bond donors (Lipinski definition) is 2. The second kappa shape index (κ2) is 18.1. The van der Waals surface area contributed by atoms with Gasteiger partial charge in [-0.15, -0.1) is 0 Å². The zero-order chi connectivity index (χ0) is 32.2. The van der Waals surface area contributed by atoms with Crippen LogP contribution in [0.4, 0.5) is 0 Å². The quantitative estimate of drug-likeness (QED) is 0.156. The molecule has 2 N–H and O–H groups in total. The van der Waals surface area contributed by atoms with Gasteiger partial charge in [0.15, 0.2) is 0 Å². The lowest BCUT2D eigenvalue weighted by atomic mass is 9.75. The Morgan fingerprint density at radius 3 is 2.25 bits per heavy atom. The maximum absolute atomic E-state index is 4.62. The van der Waals surface area contributed by atoms with E-state index in [0.717, 1.165) is 61.3 Å². The molecule has 3 rings (SSSR count). The van der Waals surface area contributed by atoms with E-state index < -0.39 is 0 Å². The normalized spacial score (nSPS) is 21.8. The number of hydrogen-bond acceptors (Lipinski definition) is 2. The second-order valence-electron chi connectivity index (χ2n) is 15.5. The molecule has 1 aromatic carbocycles. The minimum atomic E-state index is 0.312. The van der Waals surface area contributed by atoms with Crippen molar-refractivity contribution in [3.63, 3.8) is 0 Å². The molecule has 0 amide bonds. The first-order chi connectivity index (χ1) is 21.0. The summed E-state index contributed by atoms with van der Waals surface area (Å²) in [7, 11) is 0. The molecule has 0 spiro atoms. The highest BCUT2D eigenvalue weighted by Crippen LogP contribution is 2.43. The highest BCUT2D eigenvalue weighted by atomic mass is 14.9. The van der Waals surface area contributed by atoms with E-state index >= 15 is 0 Å². The maximum Gasteiger partial charge on any atom is 0.0517 e. The third-order valence-electron chi connectivity index (χ3n) is 11.5. The van der Waals surface area contributed by atoms with Gasteiger partial charge < -0.3 is 10.6 Å². The molecule has 246 valence electrons. The fourth-order valence-electron chi connectivity index (χ4n) is 8.69. The van der Waals surface area contributed by atoms with Gasteiger partial charge >= 0.3 is 0 Å². The monoisotopic (exact) mass is 601 g/mol. The van der Waals surface area contributed by atoms with E-state index in [1.807, 2.05) is 0 Å². The molecule has 0 radical (unpaired) electrons. The van der Waals surface area contributed by atoms with E-state index in [4.69, 9.17) is 0 Å². The Hall–Kier alpha value is -2.22. The third kappa shape index (κ3) is 11.0.